The third-order valence-electron chi connectivity index (χ3n) is 2.25. The van der Waals surface area contributed by atoms with Crippen molar-refractivity contribution < 1.29 is 0 Å². The molecule has 1 aromatic rings. The maximum Gasteiger partial charge on any atom is 0.0361 e. The van der Waals surface area contributed by atoms with E-state index < -0.39 is 0 Å². The summed E-state index contributed by atoms with van der Waals surface area (Å²) in [4.78, 5) is 0. The van der Waals surface area contributed by atoms with Crippen LogP contribution in [0.5, 0.6) is 0 Å². The Morgan fingerprint density at radius 1 is 1.57 bits per heavy atom. The topological polar surface area (TPSA) is 17.0 Å². The van der Waals surface area contributed by atoms with Crippen LogP contribution in [0.1, 0.15) is 19.5 Å². The Kier molecular flexibility index (Phi) is 5.12. The van der Waals surface area contributed by atoms with Crippen LogP contribution < -0.4 is 5.32 Å². The average Bonchev–Trinajstić information content (AvgIpc) is 2.58. The van der Waals surface area contributed by atoms with Crippen LogP contribution in [0.25, 0.3) is 0 Å². The summed E-state index contributed by atoms with van der Waals surface area (Å²) in [6.07, 6.45) is 2.09. The zero-order valence-electron chi connectivity index (χ0n) is 9.29. The van der Waals surface area contributed by atoms with Gasteiger partial charge in [-0.25, -0.2) is 0 Å². The van der Waals surface area contributed by atoms with Crippen molar-refractivity contribution in [1.82, 2.24) is 9.88 Å². The second-order valence-corrected chi connectivity index (χ2v) is 4.87. The molecule has 1 unspecified atom stereocenters. The normalized spacial score (nSPS) is 13.1. The summed E-state index contributed by atoms with van der Waals surface area (Å²) in [6, 6.07) is 4.84. The number of nitrogens with zero attached hydrogens (tertiary/aromatic N) is 1. The number of aryl methyl sites for hydroxylation is 1. The lowest BCUT2D eigenvalue weighted by Gasteiger charge is -2.13. The van der Waals surface area contributed by atoms with Crippen molar-refractivity contribution in [2.24, 2.45) is 7.05 Å². The Hall–Kier alpha value is -0.410. The van der Waals surface area contributed by atoms with Crippen LogP contribution in [0.3, 0.4) is 0 Å². The van der Waals surface area contributed by atoms with Crippen LogP contribution in [0, 0.1) is 0 Å². The van der Waals surface area contributed by atoms with E-state index in [1.807, 2.05) is 11.8 Å². The van der Waals surface area contributed by atoms with Crippen LogP contribution in [-0.2, 0) is 13.6 Å². The van der Waals surface area contributed by atoms with Crippen molar-refractivity contribution >= 4 is 11.8 Å². The molecule has 0 aromatic carbocycles. The second kappa shape index (κ2) is 6.14. The Bertz CT molecular complexity index is 258. The van der Waals surface area contributed by atoms with Crippen LogP contribution in [-0.4, -0.2) is 22.1 Å². The van der Waals surface area contributed by atoms with E-state index in [1.54, 1.807) is 0 Å². The molecular formula is C11H20N2S. The summed E-state index contributed by atoms with van der Waals surface area (Å²) in [5, 5.41) is 3.52. The molecule has 0 saturated carbocycles. The van der Waals surface area contributed by atoms with E-state index >= 15 is 0 Å². The Balaban J connectivity index is 2.23. The first-order valence-corrected chi connectivity index (χ1v) is 6.30. The van der Waals surface area contributed by atoms with Gasteiger partial charge in [0.2, 0.25) is 0 Å². The number of thioether (sulfide) groups is 1. The molecule has 0 aliphatic heterocycles. The largest absolute Gasteiger partial charge is 0.353 e. The molecule has 0 fully saturated rings. The molecule has 80 valence electrons. The number of hydrogen-bond acceptors (Lipinski definition) is 2. The highest BCUT2D eigenvalue weighted by Gasteiger charge is 2.02. The summed E-state index contributed by atoms with van der Waals surface area (Å²) in [6.45, 7) is 5.41. The second-order valence-electron chi connectivity index (χ2n) is 3.55. The maximum absolute atomic E-state index is 3.52. The van der Waals surface area contributed by atoms with Crippen molar-refractivity contribution in [2.75, 3.05) is 11.5 Å². The van der Waals surface area contributed by atoms with E-state index in [1.165, 1.54) is 17.2 Å². The predicted molar refractivity (Wildman–Crippen MR) is 64.7 cm³/mol. The smallest absolute Gasteiger partial charge is 0.0361 e. The summed E-state index contributed by atoms with van der Waals surface area (Å²) in [7, 11) is 2.09. The van der Waals surface area contributed by atoms with Gasteiger partial charge in [0.05, 0.1) is 0 Å². The minimum Gasteiger partial charge on any atom is -0.353 e. The van der Waals surface area contributed by atoms with E-state index in [4.69, 9.17) is 0 Å². The van der Waals surface area contributed by atoms with Gasteiger partial charge in [-0.05, 0) is 24.8 Å². The van der Waals surface area contributed by atoms with Crippen molar-refractivity contribution in [3.05, 3.63) is 24.0 Å². The number of rotatable bonds is 6. The van der Waals surface area contributed by atoms with Crippen LogP contribution in [0.15, 0.2) is 18.3 Å². The molecule has 1 N–H and O–H groups in total. The van der Waals surface area contributed by atoms with Gasteiger partial charge in [0.25, 0.3) is 0 Å². The third kappa shape index (κ3) is 3.76. The summed E-state index contributed by atoms with van der Waals surface area (Å²) >= 11 is 1.99. The first-order valence-electron chi connectivity index (χ1n) is 5.15. The molecule has 0 radical (unpaired) electrons. The molecule has 0 aliphatic rings. The van der Waals surface area contributed by atoms with Crippen molar-refractivity contribution in [3.8, 4) is 0 Å². The molecule has 1 atom stereocenters. The number of nitrogens with one attached hydrogen (secondary N) is 1. The molecule has 0 spiro atoms. The molecule has 0 bridgehead atoms. The van der Waals surface area contributed by atoms with Crippen molar-refractivity contribution in [2.45, 2.75) is 26.4 Å². The molecule has 1 rings (SSSR count). The highest BCUT2D eigenvalue weighted by molar-refractivity contribution is 7.99. The van der Waals surface area contributed by atoms with Crippen LogP contribution in [0.4, 0.5) is 0 Å². The van der Waals surface area contributed by atoms with Gasteiger partial charge in [-0.15, -0.1) is 0 Å². The van der Waals surface area contributed by atoms with Gasteiger partial charge in [0.15, 0.2) is 0 Å². The SMILES string of the molecule is CCSCC(C)NCc1cccn1C. The molecular weight excluding hydrogens is 192 g/mol. The fourth-order valence-corrected chi connectivity index (χ4v) is 2.02. The predicted octanol–water partition coefficient (Wildman–Crippen LogP) is 2.26. The molecule has 1 heterocycles. The average molecular weight is 212 g/mol. The van der Waals surface area contributed by atoms with Gasteiger partial charge in [0.1, 0.15) is 0 Å². The lowest BCUT2D eigenvalue weighted by atomic mass is 10.3. The Morgan fingerprint density at radius 3 is 2.93 bits per heavy atom. The Morgan fingerprint density at radius 2 is 2.36 bits per heavy atom. The van der Waals surface area contributed by atoms with E-state index in [-0.39, 0.29) is 0 Å². The van der Waals surface area contributed by atoms with E-state index in [9.17, 15) is 0 Å². The molecule has 0 saturated heterocycles. The fourth-order valence-electron chi connectivity index (χ4n) is 1.31. The molecule has 0 amide bonds. The number of hydrogen-bond donors (Lipinski definition) is 1. The van der Waals surface area contributed by atoms with E-state index in [2.05, 4.69) is 49.1 Å². The highest BCUT2D eigenvalue weighted by Crippen LogP contribution is 2.03. The lowest BCUT2D eigenvalue weighted by Crippen LogP contribution is -2.28. The quantitative estimate of drug-likeness (QED) is 0.779. The monoisotopic (exact) mass is 212 g/mol. The van der Waals surface area contributed by atoms with E-state index in [0.717, 1.165) is 6.54 Å². The summed E-state index contributed by atoms with van der Waals surface area (Å²) < 4.78 is 2.16. The third-order valence-corrected chi connectivity index (χ3v) is 3.40. The van der Waals surface area contributed by atoms with Crippen molar-refractivity contribution in [1.29, 1.82) is 0 Å². The molecule has 0 aliphatic carbocycles. The fraction of sp³-hybridized carbons (Fsp3) is 0.636. The van der Waals surface area contributed by atoms with Gasteiger partial charge >= 0.3 is 0 Å². The minimum atomic E-state index is 0.592. The van der Waals surface area contributed by atoms with Crippen LogP contribution >= 0.6 is 11.8 Å². The maximum atomic E-state index is 3.52. The first-order chi connectivity index (χ1) is 6.74. The van der Waals surface area contributed by atoms with Gasteiger partial charge < -0.3 is 9.88 Å². The molecule has 3 heteroatoms. The summed E-state index contributed by atoms with van der Waals surface area (Å²) in [5.74, 6) is 2.40. The van der Waals surface area contributed by atoms with Gasteiger partial charge in [-0.1, -0.05) is 6.92 Å². The molecule has 1 aromatic heterocycles. The van der Waals surface area contributed by atoms with Gasteiger partial charge in [0, 0.05) is 37.3 Å². The van der Waals surface area contributed by atoms with Gasteiger partial charge in [-0.3, -0.25) is 0 Å². The van der Waals surface area contributed by atoms with E-state index in [0.29, 0.717) is 6.04 Å². The van der Waals surface area contributed by atoms with Crippen molar-refractivity contribution in [3.63, 3.8) is 0 Å². The zero-order chi connectivity index (χ0) is 10.4. The highest BCUT2D eigenvalue weighted by atomic mass is 32.2. The molecule has 2 nitrogen and oxygen atoms in total. The number of aromatic nitrogens is 1. The van der Waals surface area contributed by atoms with Gasteiger partial charge in [-0.2, -0.15) is 11.8 Å². The zero-order valence-corrected chi connectivity index (χ0v) is 10.1. The standard InChI is InChI=1S/C11H20N2S/c1-4-14-9-10(2)12-8-11-6-5-7-13(11)3/h5-7,10,12H,4,8-9H2,1-3H3. The summed E-state index contributed by atoms with van der Waals surface area (Å²) in [5.41, 5.74) is 1.35. The molecule has 14 heavy (non-hydrogen) atoms. The lowest BCUT2D eigenvalue weighted by molar-refractivity contribution is 0.577. The first kappa shape index (κ1) is 11.7. The Labute approximate surface area is 91.1 Å². The minimum absolute atomic E-state index is 0.592. The van der Waals surface area contributed by atoms with Crippen LogP contribution in [0.2, 0.25) is 0 Å².